The van der Waals surface area contributed by atoms with Gasteiger partial charge in [0, 0.05) is 17.8 Å². The van der Waals surface area contributed by atoms with Gasteiger partial charge in [-0.05, 0) is 19.3 Å². The lowest BCUT2D eigenvalue weighted by molar-refractivity contribution is -0.121. The van der Waals surface area contributed by atoms with Gasteiger partial charge in [-0.3, -0.25) is 9.69 Å². The third-order valence-corrected chi connectivity index (χ3v) is 4.70. The first-order valence-electron chi connectivity index (χ1n) is 6.88. The van der Waals surface area contributed by atoms with Crippen LogP contribution in [0.4, 0.5) is 4.79 Å². The molecule has 0 saturated carbocycles. The number of amides is 2. The summed E-state index contributed by atoms with van der Waals surface area (Å²) in [5.41, 5.74) is 1.25. The fourth-order valence-electron chi connectivity index (χ4n) is 2.46. The van der Waals surface area contributed by atoms with Crippen molar-refractivity contribution in [2.45, 2.75) is 25.7 Å². The maximum absolute atomic E-state index is 11.7. The van der Waals surface area contributed by atoms with E-state index in [1.807, 2.05) is 0 Å². The first kappa shape index (κ1) is 13.4. The highest BCUT2D eigenvalue weighted by molar-refractivity contribution is 7.11. The van der Waals surface area contributed by atoms with Gasteiger partial charge in [0.1, 0.15) is 13.2 Å². The Morgan fingerprint density at radius 2 is 2.35 bits per heavy atom. The molecule has 0 unspecified atom stereocenters. The average molecular weight is 295 g/mol. The van der Waals surface area contributed by atoms with E-state index in [1.165, 1.54) is 21.9 Å². The molecule has 1 N–H and O–H groups in total. The highest BCUT2D eigenvalue weighted by Gasteiger charge is 2.24. The smallest absolute Gasteiger partial charge is 0.410 e. The fraction of sp³-hybridized carbons (Fsp3) is 0.615. The van der Waals surface area contributed by atoms with Gasteiger partial charge in [0.25, 0.3) is 0 Å². The minimum atomic E-state index is -0.406. The number of fused-ring (bicyclic) bond motifs is 1. The number of aryl methyl sites for hydroxylation is 2. The van der Waals surface area contributed by atoms with Crippen LogP contribution in [0.2, 0.25) is 0 Å². The fourth-order valence-corrected chi connectivity index (χ4v) is 3.61. The summed E-state index contributed by atoms with van der Waals surface area (Å²) in [6.07, 6.45) is 3.81. The van der Waals surface area contributed by atoms with Crippen molar-refractivity contribution in [3.05, 3.63) is 15.6 Å². The SMILES string of the molecule is O=C(CN1CCOC1=O)NCCc1nc2c(s1)CCC2. The molecule has 20 heavy (non-hydrogen) atoms. The number of rotatable bonds is 5. The zero-order valence-corrected chi connectivity index (χ0v) is 12.0. The maximum Gasteiger partial charge on any atom is 0.410 e. The van der Waals surface area contributed by atoms with Crippen molar-refractivity contribution in [3.63, 3.8) is 0 Å². The summed E-state index contributed by atoms with van der Waals surface area (Å²) >= 11 is 1.76. The number of hydrogen-bond donors (Lipinski definition) is 1. The summed E-state index contributed by atoms with van der Waals surface area (Å²) in [5, 5.41) is 3.91. The monoisotopic (exact) mass is 295 g/mol. The molecule has 1 saturated heterocycles. The van der Waals surface area contributed by atoms with E-state index in [-0.39, 0.29) is 12.5 Å². The second-order valence-corrected chi connectivity index (χ2v) is 6.14. The van der Waals surface area contributed by atoms with Gasteiger partial charge in [-0.1, -0.05) is 0 Å². The summed E-state index contributed by atoms with van der Waals surface area (Å²) in [6, 6.07) is 0. The second-order valence-electron chi connectivity index (χ2n) is 4.97. The highest BCUT2D eigenvalue weighted by atomic mass is 32.1. The second kappa shape index (κ2) is 5.78. The molecular weight excluding hydrogens is 278 g/mol. The van der Waals surface area contributed by atoms with Crippen molar-refractivity contribution in [1.29, 1.82) is 0 Å². The minimum Gasteiger partial charge on any atom is -0.448 e. The molecule has 2 aliphatic rings. The number of thiazole rings is 1. The third kappa shape index (κ3) is 2.92. The number of aromatic nitrogens is 1. The molecule has 1 fully saturated rings. The Morgan fingerprint density at radius 3 is 3.10 bits per heavy atom. The van der Waals surface area contributed by atoms with Gasteiger partial charge >= 0.3 is 6.09 Å². The van der Waals surface area contributed by atoms with Crippen molar-refractivity contribution in [2.24, 2.45) is 0 Å². The van der Waals surface area contributed by atoms with Crippen LogP contribution in [0.25, 0.3) is 0 Å². The van der Waals surface area contributed by atoms with Crippen LogP contribution in [0.5, 0.6) is 0 Å². The maximum atomic E-state index is 11.7. The molecule has 0 aromatic carbocycles. The lowest BCUT2D eigenvalue weighted by atomic mass is 10.3. The Hall–Kier alpha value is -1.63. The predicted octanol–water partition coefficient (Wildman–Crippen LogP) is 0.743. The molecule has 6 nitrogen and oxygen atoms in total. The van der Waals surface area contributed by atoms with Crippen molar-refractivity contribution < 1.29 is 14.3 Å². The van der Waals surface area contributed by atoms with Crippen LogP contribution in [0.3, 0.4) is 0 Å². The van der Waals surface area contributed by atoms with Crippen molar-refractivity contribution >= 4 is 23.3 Å². The van der Waals surface area contributed by atoms with E-state index in [4.69, 9.17) is 4.74 Å². The normalized spacial score (nSPS) is 17.2. The molecule has 1 aromatic heterocycles. The number of carbonyl (C=O) groups excluding carboxylic acids is 2. The van der Waals surface area contributed by atoms with E-state index in [2.05, 4.69) is 10.3 Å². The number of nitrogens with zero attached hydrogens (tertiary/aromatic N) is 2. The summed E-state index contributed by atoms with van der Waals surface area (Å²) in [4.78, 5) is 30.3. The molecule has 0 spiro atoms. The summed E-state index contributed by atoms with van der Waals surface area (Å²) in [5.74, 6) is -0.145. The molecule has 0 radical (unpaired) electrons. The molecule has 1 aliphatic heterocycles. The van der Waals surface area contributed by atoms with Gasteiger partial charge in [0.2, 0.25) is 5.91 Å². The molecular formula is C13H17N3O3S. The molecule has 3 rings (SSSR count). The van der Waals surface area contributed by atoms with Crippen LogP contribution >= 0.6 is 11.3 Å². The van der Waals surface area contributed by atoms with Crippen LogP contribution in [0, 0.1) is 0 Å². The van der Waals surface area contributed by atoms with Crippen molar-refractivity contribution in [2.75, 3.05) is 26.2 Å². The zero-order valence-electron chi connectivity index (χ0n) is 11.2. The van der Waals surface area contributed by atoms with Crippen LogP contribution in [-0.2, 0) is 28.8 Å². The number of hydrogen-bond acceptors (Lipinski definition) is 5. The van der Waals surface area contributed by atoms with Gasteiger partial charge in [-0.25, -0.2) is 9.78 Å². The molecule has 2 amide bonds. The zero-order chi connectivity index (χ0) is 13.9. The van der Waals surface area contributed by atoms with Gasteiger partial charge < -0.3 is 10.1 Å². The summed E-state index contributed by atoms with van der Waals surface area (Å²) < 4.78 is 4.77. The van der Waals surface area contributed by atoms with Crippen LogP contribution in [-0.4, -0.2) is 48.1 Å². The van der Waals surface area contributed by atoms with E-state index >= 15 is 0 Å². The van der Waals surface area contributed by atoms with Crippen molar-refractivity contribution in [1.82, 2.24) is 15.2 Å². The van der Waals surface area contributed by atoms with E-state index < -0.39 is 6.09 Å². The van der Waals surface area contributed by atoms with Crippen molar-refractivity contribution in [3.8, 4) is 0 Å². The van der Waals surface area contributed by atoms with Crippen LogP contribution < -0.4 is 5.32 Å². The van der Waals surface area contributed by atoms with E-state index in [0.717, 1.165) is 24.3 Å². The number of nitrogens with one attached hydrogen (secondary N) is 1. The van der Waals surface area contributed by atoms with Crippen LogP contribution in [0.15, 0.2) is 0 Å². The largest absolute Gasteiger partial charge is 0.448 e. The molecule has 1 aromatic rings. The summed E-state index contributed by atoms with van der Waals surface area (Å²) in [7, 11) is 0. The van der Waals surface area contributed by atoms with Gasteiger partial charge in [-0.15, -0.1) is 11.3 Å². The topological polar surface area (TPSA) is 71.5 Å². The standard InChI is InChI=1S/C13H17N3O3S/c17-11(8-16-6-7-19-13(16)18)14-5-4-12-15-9-2-1-3-10(9)20-12/h1-8H2,(H,14,17). The Kier molecular flexibility index (Phi) is 3.86. The van der Waals surface area contributed by atoms with E-state index in [0.29, 0.717) is 19.7 Å². The third-order valence-electron chi connectivity index (χ3n) is 3.48. The Bertz CT molecular complexity index is 507. The van der Waals surface area contributed by atoms with Crippen LogP contribution in [0.1, 0.15) is 22.0 Å². The Labute approximate surface area is 121 Å². The van der Waals surface area contributed by atoms with Gasteiger partial charge in [0.05, 0.1) is 17.2 Å². The first-order chi connectivity index (χ1) is 9.72. The van der Waals surface area contributed by atoms with E-state index in [1.54, 1.807) is 11.3 Å². The Balaban J connectivity index is 1.40. The summed E-state index contributed by atoms with van der Waals surface area (Å²) in [6.45, 7) is 1.50. The van der Waals surface area contributed by atoms with Gasteiger partial charge in [-0.2, -0.15) is 0 Å². The first-order valence-corrected chi connectivity index (χ1v) is 7.70. The molecule has 108 valence electrons. The lowest BCUT2D eigenvalue weighted by Gasteiger charge is -2.11. The number of ether oxygens (including phenoxy) is 1. The highest BCUT2D eigenvalue weighted by Crippen LogP contribution is 2.27. The number of cyclic esters (lactones) is 1. The quantitative estimate of drug-likeness (QED) is 0.870. The molecule has 2 heterocycles. The molecule has 1 aliphatic carbocycles. The average Bonchev–Trinajstić information content (AvgIpc) is 3.07. The Morgan fingerprint density at radius 1 is 1.45 bits per heavy atom. The predicted molar refractivity (Wildman–Crippen MR) is 73.8 cm³/mol. The minimum absolute atomic E-state index is 0.0766. The molecule has 7 heteroatoms. The molecule has 0 bridgehead atoms. The molecule has 0 atom stereocenters. The number of carbonyl (C=O) groups is 2. The lowest BCUT2D eigenvalue weighted by Crippen LogP contribution is -2.38. The van der Waals surface area contributed by atoms with E-state index in [9.17, 15) is 9.59 Å². The van der Waals surface area contributed by atoms with Gasteiger partial charge in [0.15, 0.2) is 0 Å².